The van der Waals surface area contributed by atoms with Crippen LogP contribution < -0.4 is 4.74 Å². The van der Waals surface area contributed by atoms with Gasteiger partial charge >= 0.3 is 6.18 Å². The Kier molecular flexibility index (Phi) is 5.31. The molecule has 0 unspecified atom stereocenters. The molecule has 0 aromatic heterocycles. The minimum absolute atomic E-state index is 0.0173. The predicted molar refractivity (Wildman–Crippen MR) is 97.8 cm³/mol. The van der Waals surface area contributed by atoms with E-state index in [-0.39, 0.29) is 16.7 Å². The van der Waals surface area contributed by atoms with Crippen molar-refractivity contribution in [1.82, 2.24) is 0 Å². The van der Waals surface area contributed by atoms with E-state index < -0.39 is 17.6 Å². The highest BCUT2D eigenvalue weighted by molar-refractivity contribution is 6.00. The van der Waals surface area contributed by atoms with Crippen molar-refractivity contribution in [2.75, 3.05) is 7.11 Å². The van der Waals surface area contributed by atoms with E-state index in [4.69, 9.17) is 4.74 Å². The number of hydrogen-bond acceptors (Lipinski definition) is 1. The number of ether oxygens (including phenoxy) is 1. The van der Waals surface area contributed by atoms with Crippen LogP contribution in [0.15, 0.2) is 78.9 Å². The summed E-state index contributed by atoms with van der Waals surface area (Å²) in [7, 11) is 1.48. The van der Waals surface area contributed by atoms with E-state index in [0.29, 0.717) is 11.3 Å². The number of hydrogen-bond donors (Lipinski definition) is 0. The first-order valence-corrected chi connectivity index (χ1v) is 8.17. The molecule has 0 atom stereocenters. The van der Waals surface area contributed by atoms with Crippen molar-refractivity contribution in [2.45, 2.75) is 6.18 Å². The Morgan fingerprint density at radius 3 is 1.70 bits per heavy atom. The summed E-state index contributed by atoms with van der Waals surface area (Å²) in [5.74, 6) is 0.0200. The van der Waals surface area contributed by atoms with Crippen molar-refractivity contribution >= 4 is 11.1 Å². The fraction of sp³-hybridized carbons (Fsp3) is 0.0909. The van der Waals surface area contributed by atoms with Crippen LogP contribution in [-0.2, 0) is 0 Å². The fourth-order valence-electron chi connectivity index (χ4n) is 2.88. The Hall–Kier alpha value is -3.08. The predicted octanol–water partition coefficient (Wildman–Crippen LogP) is 6.36. The minimum Gasteiger partial charge on any atom is -0.497 e. The summed E-state index contributed by atoms with van der Waals surface area (Å²) in [6.07, 6.45) is -4.61. The third-order valence-electron chi connectivity index (χ3n) is 4.11. The summed E-state index contributed by atoms with van der Waals surface area (Å²) in [5, 5.41) is 0. The van der Waals surface area contributed by atoms with Gasteiger partial charge < -0.3 is 4.74 Å². The first-order valence-electron chi connectivity index (χ1n) is 8.17. The Bertz CT molecular complexity index is 925. The quantitative estimate of drug-likeness (QED) is 0.383. The molecule has 0 fully saturated rings. The summed E-state index contributed by atoms with van der Waals surface area (Å²) in [4.78, 5) is 0. The van der Waals surface area contributed by atoms with Gasteiger partial charge in [-0.1, -0.05) is 54.6 Å². The molecule has 0 aliphatic heterocycles. The average Bonchev–Trinajstić information content (AvgIpc) is 2.67. The summed E-state index contributed by atoms with van der Waals surface area (Å²) in [6, 6.07) is 18.9. The monoisotopic (exact) mass is 372 g/mol. The highest BCUT2D eigenvalue weighted by Crippen LogP contribution is 2.42. The number of rotatable bonds is 4. The molecular weight excluding hydrogens is 356 g/mol. The zero-order valence-corrected chi connectivity index (χ0v) is 14.4. The highest BCUT2D eigenvalue weighted by Gasteiger charge is 2.38. The standard InChI is InChI=1S/C22H16F4O/c1-27-19-13-9-16(10-14-19)20(15-7-11-18(23)12-8-15)21(22(24,25)26)17-5-3-2-4-6-17/h2-14H,1H3. The van der Waals surface area contributed by atoms with Gasteiger partial charge in [0.15, 0.2) is 0 Å². The molecule has 0 amide bonds. The molecule has 3 rings (SSSR count). The molecule has 138 valence electrons. The molecule has 0 saturated heterocycles. The fourth-order valence-corrected chi connectivity index (χ4v) is 2.88. The lowest BCUT2D eigenvalue weighted by molar-refractivity contribution is -0.0685. The normalized spacial score (nSPS) is 12.5. The van der Waals surface area contributed by atoms with Crippen LogP contribution in [0, 0.1) is 5.82 Å². The molecule has 0 aliphatic rings. The van der Waals surface area contributed by atoms with Gasteiger partial charge in [0.05, 0.1) is 12.7 Å². The van der Waals surface area contributed by atoms with E-state index in [0.717, 1.165) is 12.1 Å². The minimum atomic E-state index is -4.61. The van der Waals surface area contributed by atoms with Crippen LogP contribution >= 0.6 is 0 Å². The maximum absolute atomic E-state index is 14.1. The number of benzene rings is 3. The smallest absolute Gasteiger partial charge is 0.417 e. The number of halogens is 4. The van der Waals surface area contributed by atoms with Crippen LogP contribution in [0.2, 0.25) is 0 Å². The number of allylic oxidation sites excluding steroid dienone is 1. The van der Waals surface area contributed by atoms with Crippen molar-refractivity contribution in [2.24, 2.45) is 0 Å². The van der Waals surface area contributed by atoms with Crippen molar-refractivity contribution in [3.63, 3.8) is 0 Å². The van der Waals surface area contributed by atoms with Crippen molar-refractivity contribution < 1.29 is 22.3 Å². The Morgan fingerprint density at radius 2 is 1.22 bits per heavy atom. The Balaban J connectivity index is 2.34. The van der Waals surface area contributed by atoms with E-state index in [1.165, 1.54) is 31.4 Å². The van der Waals surface area contributed by atoms with Crippen LogP contribution in [0.4, 0.5) is 17.6 Å². The highest BCUT2D eigenvalue weighted by atomic mass is 19.4. The average molecular weight is 372 g/mol. The molecule has 3 aromatic rings. The maximum Gasteiger partial charge on any atom is 0.417 e. The summed E-state index contributed by atoms with van der Waals surface area (Å²) < 4.78 is 60.7. The van der Waals surface area contributed by atoms with E-state index in [2.05, 4.69) is 0 Å². The molecular formula is C22H16F4O. The van der Waals surface area contributed by atoms with Gasteiger partial charge in [0.2, 0.25) is 0 Å². The molecule has 0 saturated carbocycles. The van der Waals surface area contributed by atoms with Gasteiger partial charge in [0, 0.05) is 5.57 Å². The van der Waals surface area contributed by atoms with Gasteiger partial charge in [-0.25, -0.2) is 4.39 Å². The van der Waals surface area contributed by atoms with E-state index in [1.807, 2.05) is 0 Å². The molecule has 27 heavy (non-hydrogen) atoms. The van der Waals surface area contributed by atoms with Gasteiger partial charge in [-0.15, -0.1) is 0 Å². The third-order valence-corrected chi connectivity index (χ3v) is 4.11. The molecule has 3 aromatic carbocycles. The Morgan fingerprint density at radius 1 is 0.704 bits per heavy atom. The zero-order valence-electron chi connectivity index (χ0n) is 14.4. The number of alkyl halides is 3. The lowest BCUT2D eigenvalue weighted by Gasteiger charge is -2.19. The van der Waals surface area contributed by atoms with Gasteiger partial charge in [0.25, 0.3) is 0 Å². The first kappa shape index (κ1) is 18.7. The van der Waals surface area contributed by atoms with Gasteiger partial charge in [-0.2, -0.15) is 13.2 Å². The molecule has 1 nitrogen and oxygen atoms in total. The molecule has 0 radical (unpaired) electrons. The van der Waals surface area contributed by atoms with Gasteiger partial charge in [0.1, 0.15) is 11.6 Å². The van der Waals surface area contributed by atoms with E-state index >= 15 is 0 Å². The second-order valence-corrected chi connectivity index (χ2v) is 5.85. The van der Waals surface area contributed by atoms with Crippen molar-refractivity contribution in [3.8, 4) is 5.75 Å². The molecule has 0 aliphatic carbocycles. The van der Waals surface area contributed by atoms with E-state index in [9.17, 15) is 17.6 Å². The summed E-state index contributed by atoms with van der Waals surface area (Å²) in [6.45, 7) is 0. The molecule has 0 heterocycles. The SMILES string of the molecule is COc1ccc(C(=C(c2ccccc2)C(F)(F)F)c2ccc(F)cc2)cc1. The Labute approximate surface area is 154 Å². The van der Waals surface area contributed by atoms with Gasteiger partial charge in [-0.3, -0.25) is 0 Å². The van der Waals surface area contributed by atoms with E-state index in [1.54, 1.807) is 42.5 Å². The van der Waals surface area contributed by atoms with Crippen LogP contribution in [0.1, 0.15) is 16.7 Å². The first-order chi connectivity index (χ1) is 12.9. The molecule has 0 N–H and O–H groups in total. The molecule has 0 spiro atoms. The van der Waals surface area contributed by atoms with Crippen molar-refractivity contribution in [3.05, 3.63) is 101 Å². The largest absolute Gasteiger partial charge is 0.497 e. The number of methoxy groups -OCH3 is 1. The lowest BCUT2D eigenvalue weighted by Crippen LogP contribution is -2.14. The molecule has 0 bridgehead atoms. The topological polar surface area (TPSA) is 9.23 Å². The second-order valence-electron chi connectivity index (χ2n) is 5.85. The van der Waals surface area contributed by atoms with Crippen LogP contribution in [0.3, 0.4) is 0 Å². The molecule has 5 heteroatoms. The van der Waals surface area contributed by atoms with Crippen LogP contribution in [-0.4, -0.2) is 13.3 Å². The van der Waals surface area contributed by atoms with Crippen LogP contribution in [0.25, 0.3) is 11.1 Å². The third kappa shape index (κ3) is 4.19. The summed E-state index contributed by atoms with van der Waals surface area (Å²) in [5.41, 5.74) is -0.118. The van der Waals surface area contributed by atoms with Gasteiger partial charge in [-0.05, 0) is 41.0 Å². The summed E-state index contributed by atoms with van der Waals surface area (Å²) >= 11 is 0. The van der Waals surface area contributed by atoms with Crippen LogP contribution in [0.5, 0.6) is 5.75 Å². The van der Waals surface area contributed by atoms with Crippen molar-refractivity contribution in [1.29, 1.82) is 0 Å². The lowest BCUT2D eigenvalue weighted by atomic mass is 9.89. The second kappa shape index (κ2) is 7.66. The maximum atomic E-state index is 14.1. The zero-order chi connectivity index (χ0) is 19.4.